The molecule has 1 saturated heterocycles. The van der Waals surface area contributed by atoms with E-state index in [4.69, 9.17) is 14.5 Å². The Bertz CT molecular complexity index is 1410. The molecule has 0 saturated carbocycles. The molecule has 0 radical (unpaired) electrons. The summed E-state index contributed by atoms with van der Waals surface area (Å²) in [5, 5.41) is 2.86. The largest absolute Gasteiger partial charge is 0.497 e. The fraction of sp³-hybridized carbons (Fsp3) is 0.364. The Morgan fingerprint density at radius 2 is 1.62 bits per heavy atom. The smallest absolute Gasteiger partial charge is 0.232 e. The monoisotopic (exact) mass is 539 g/mol. The fourth-order valence-electron chi connectivity index (χ4n) is 5.45. The maximum absolute atomic E-state index is 14.5. The van der Waals surface area contributed by atoms with Crippen LogP contribution in [0.25, 0.3) is 0 Å². The Labute approximate surface area is 236 Å². The van der Waals surface area contributed by atoms with E-state index >= 15 is 0 Å². The summed E-state index contributed by atoms with van der Waals surface area (Å²) < 4.78 is 11.7. The zero-order chi connectivity index (χ0) is 28.4. The number of nitrogens with zero attached hydrogens (tertiary/aromatic N) is 2. The molecular weight excluding hydrogens is 502 g/mol. The number of hydrogen-bond acceptors (Lipinski definition) is 5. The Hall–Kier alpha value is -4.13. The number of hydrogen-bond donors (Lipinski definition) is 1. The summed E-state index contributed by atoms with van der Waals surface area (Å²) in [4.78, 5) is 33.9. The van der Waals surface area contributed by atoms with Crippen LogP contribution in [0, 0.1) is 19.8 Å². The van der Waals surface area contributed by atoms with E-state index in [0.717, 1.165) is 27.8 Å². The minimum absolute atomic E-state index is 0.0971. The number of amides is 2. The van der Waals surface area contributed by atoms with E-state index < -0.39 is 5.92 Å². The van der Waals surface area contributed by atoms with Crippen molar-refractivity contribution in [3.8, 4) is 11.5 Å². The van der Waals surface area contributed by atoms with Crippen molar-refractivity contribution < 1.29 is 19.1 Å². The molecule has 1 fully saturated rings. The van der Waals surface area contributed by atoms with Gasteiger partial charge in [-0.2, -0.15) is 0 Å². The van der Waals surface area contributed by atoms with Crippen LogP contribution in [0.3, 0.4) is 0 Å². The van der Waals surface area contributed by atoms with Gasteiger partial charge in [-0.15, -0.1) is 0 Å². The molecule has 2 amide bonds. The number of methoxy groups -OCH3 is 1. The number of carbonyl (C=O) groups excluding carboxylic acids is 2. The predicted octanol–water partition coefficient (Wildman–Crippen LogP) is 5.70. The molecule has 2 aliphatic rings. The first-order valence-electron chi connectivity index (χ1n) is 13.9. The van der Waals surface area contributed by atoms with Crippen LogP contribution < -0.4 is 14.8 Å². The van der Waals surface area contributed by atoms with Crippen molar-refractivity contribution in [1.82, 2.24) is 10.2 Å². The van der Waals surface area contributed by atoms with Crippen molar-refractivity contribution in [2.45, 2.75) is 58.7 Å². The summed E-state index contributed by atoms with van der Waals surface area (Å²) >= 11 is 0. The zero-order valence-electron chi connectivity index (χ0n) is 23.8. The van der Waals surface area contributed by atoms with Crippen LogP contribution in [0.4, 0.5) is 0 Å². The van der Waals surface area contributed by atoms with E-state index in [9.17, 15) is 9.59 Å². The van der Waals surface area contributed by atoms with Crippen LogP contribution in [-0.2, 0) is 9.59 Å². The van der Waals surface area contributed by atoms with E-state index in [1.807, 2.05) is 43.9 Å². The van der Waals surface area contributed by atoms with Crippen molar-refractivity contribution >= 4 is 17.6 Å². The molecule has 0 aromatic heterocycles. The Morgan fingerprint density at radius 3 is 2.23 bits per heavy atom. The molecule has 3 atom stereocenters. The third kappa shape index (κ3) is 5.60. The minimum Gasteiger partial charge on any atom is -0.497 e. The summed E-state index contributed by atoms with van der Waals surface area (Å²) in [7, 11) is 1.62. The number of carbonyl (C=O) groups is 2. The van der Waals surface area contributed by atoms with Crippen LogP contribution in [0.2, 0.25) is 0 Å². The summed E-state index contributed by atoms with van der Waals surface area (Å²) in [6.45, 7) is 8.52. The molecule has 2 heterocycles. The average molecular weight is 540 g/mol. The van der Waals surface area contributed by atoms with Crippen LogP contribution in [0.1, 0.15) is 66.6 Å². The van der Waals surface area contributed by atoms with Gasteiger partial charge in [-0.05, 0) is 57.4 Å². The molecule has 5 rings (SSSR count). The highest BCUT2D eigenvalue weighted by Crippen LogP contribution is 2.46. The molecule has 3 aromatic rings. The summed E-state index contributed by atoms with van der Waals surface area (Å²) in [6, 6.07) is 21.5. The average Bonchev–Trinajstić information content (AvgIpc) is 3.33. The zero-order valence-corrected chi connectivity index (χ0v) is 23.8. The predicted molar refractivity (Wildman–Crippen MR) is 156 cm³/mol. The normalized spacial score (nSPS) is 20.8. The first-order chi connectivity index (χ1) is 19.2. The van der Waals surface area contributed by atoms with Crippen molar-refractivity contribution in [2.75, 3.05) is 13.7 Å². The third-order valence-corrected chi connectivity index (χ3v) is 7.53. The Morgan fingerprint density at radius 1 is 0.975 bits per heavy atom. The number of aliphatic imine (C=N–C) groups is 1. The molecule has 0 bridgehead atoms. The summed E-state index contributed by atoms with van der Waals surface area (Å²) in [6.07, 6.45) is 0.651. The molecule has 3 unspecified atom stereocenters. The SMILES string of the molecule is COc1ccc(C2=NC(c3ccc(C)cc3)C(c3ccc(C)cc3)N2C(=O)C2CCNC(=O)C2)c(OC(C)C)c1. The molecule has 0 aliphatic carbocycles. The molecule has 40 heavy (non-hydrogen) atoms. The van der Waals surface area contributed by atoms with Gasteiger partial charge in [0.2, 0.25) is 11.8 Å². The first-order valence-corrected chi connectivity index (χ1v) is 13.9. The van der Waals surface area contributed by atoms with Gasteiger partial charge >= 0.3 is 0 Å². The standard InChI is InChI=1S/C33H37N3O4/c1-20(2)40-28-19-26(39-5)14-15-27(28)32-35-30(23-10-6-21(3)7-11-23)31(24-12-8-22(4)9-13-24)36(32)33(38)25-16-17-34-29(37)18-25/h6-15,19-20,25,30-31H,16-18H2,1-5H3,(H,34,37). The molecule has 208 valence electrons. The van der Waals surface area contributed by atoms with E-state index in [0.29, 0.717) is 30.3 Å². The van der Waals surface area contributed by atoms with Crippen LogP contribution in [0.5, 0.6) is 11.5 Å². The van der Waals surface area contributed by atoms with E-state index in [2.05, 4.69) is 60.8 Å². The van der Waals surface area contributed by atoms with Gasteiger partial charge in [0.05, 0.1) is 24.8 Å². The van der Waals surface area contributed by atoms with Gasteiger partial charge in [0.1, 0.15) is 23.4 Å². The lowest BCUT2D eigenvalue weighted by molar-refractivity contribution is -0.138. The minimum atomic E-state index is -0.434. The van der Waals surface area contributed by atoms with Gasteiger partial charge in [-0.3, -0.25) is 19.5 Å². The van der Waals surface area contributed by atoms with E-state index in [-0.39, 0.29) is 36.4 Å². The number of amidine groups is 1. The third-order valence-electron chi connectivity index (χ3n) is 7.53. The second kappa shape index (κ2) is 11.5. The van der Waals surface area contributed by atoms with Gasteiger partial charge < -0.3 is 14.8 Å². The van der Waals surface area contributed by atoms with Gasteiger partial charge in [-0.1, -0.05) is 59.7 Å². The quantitative estimate of drug-likeness (QED) is 0.418. The van der Waals surface area contributed by atoms with Gasteiger partial charge in [0.25, 0.3) is 0 Å². The van der Waals surface area contributed by atoms with Crippen molar-refractivity contribution in [3.05, 3.63) is 94.5 Å². The molecular formula is C33H37N3O4. The Kier molecular flexibility index (Phi) is 7.92. The molecule has 1 N–H and O–H groups in total. The highest BCUT2D eigenvalue weighted by atomic mass is 16.5. The second-order valence-electron chi connectivity index (χ2n) is 10.9. The Balaban J connectivity index is 1.71. The topological polar surface area (TPSA) is 80.2 Å². The van der Waals surface area contributed by atoms with E-state index in [1.54, 1.807) is 7.11 Å². The molecule has 7 heteroatoms. The first kappa shape index (κ1) is 27.4. The van der Waals surface area contributed by atoms with Crippen molar-refractivity contribution in [1.29, 1.82) is 0 Å². The molecule has 2 aliphatic heterocycles. The molecule has 0 spiro atoms. The molecule has 3 aromatic carbocycles. The van der Waals surface area contributed by atoms with Gasteiger partial charge in [0.15, 0.2) is 0 Å². The highest BCUT2D eigenvalue weighted by Gasteiger charge is 2.45. The summed E-state index contributed by atoms with van der Waals surface area (Å²) in [5.41, 5.74) is 5.02. The lowest BCUT2D eigenvalue weighted by atomic mass is 9.90. The number of aryl methyl sites for hydroxylation is 2. The lowest BCUT2D eigenvalue weighted by Gasteiger charge is -2.34. The van der Waals surface area contributed by atoms with Crippen LogP contribution >= 0.6 is 0 Å². The number of piperidine rings is 1. The molecule has 7 nitrogen and oxygen atoms in total. The summed E-state index contributed by atoms with van der Waals surface area (Å²) in [5.74, 6) is 1.17. The second-order valence-corrected chi connectivity index (χ2v) is 10.9. The van der Waals surface area contributed by atoms with Gasteiger partial charge in [0, 0.05) is 24.9 Å². The number of benzene rings is 3. The van der Waals surface area contributed by atoms with Crippen LogP contribution in [0.15, 0.2) is 71.7 Å². The van der Waals surface area contributed by atoms with Crippen LogP contribution in [-0.4, -0.2) is 42.3 Å². The lowest BCUT2D eigenvalue weighted by Crippen LogP contribution is -2.46. The van der Waals surface area contributed by atoms with Crippen molar-refractivity contribution in [3.63, 3.8) is 0 Å². The van der Waals surface area contributed by atoms with Gasteiger partial charge in [-0.25, -0.2) is 0 Å². The fourth-order valence-corrected chi connectivity index (χ4v) is 5.45. The van der Waals surface area contributed by atoms with E-state index in [1.165, 1.54) is 0 Å². The number of rotatable bonds is 7. The number of ether oxygens (including phenoxy) is 2. The number of nitrogens with one attached hydrogen (secondary N) is 1. The highest BCUT2D eigenvalue weighted by molar-refractivity contribution is 6.12. The van der Waals surface area contributed by atoms with Crippen molar-refractivity contribution in [2.24, 2.45) is 10.9 Å². The maximum atomic E-state index is 14.5. The maximum Gasteiger partial charge on any atom is 0.232 e.